The number of hydrogen-bond acceptors (Lipinski definition) is 15. The molecule has 19 heteroatoms. The van der Waals surface area contributed by atoms with Crippen LogP contribution < -0.4 is 0 Å². The molecule has 0 saturated heterocycles. The quantitative estimate of drug-likeness (QED) is 0.0169. The van der Waals surface area contributed by atoms with Crippen LogP contribution in [-0.2, 0) is 65.4 Å². The lowest BCUT2D eigenvalue weighted by Crippen LogP contribution is -2.30. The van der Waals surface area contributed by atoms with Gasteiger partial charge in [0.05, 0.1) is 26.4 Å². The predicted molar refractivity (Wildman–Crippen MR) is 390 cm³/mol. The summed E-state index contributed by atoms with van der Waals surface area (Å²) < 4.78 is 68.5. The van der Waals surface area contributed by atoms with Gasteiger partial charge in [0.1, 0.15) is 19.3 Å². The minimum absolute atomic E-state index is 0.0987. The Kier molecular flexibility index (Phi) is 65.3. The van der Waals surface area contributed by atoms with Gasteiger partial charge in [-0.2, -0.15) is 0 Å². The molecule has 0 bridgehead atoms. The van der Waals surface area contributed by atoms with E-state index in [1.165, 1.54) is 154 Å². The number of aliphatic hydroxyl groups is 1. The van der Waals surface area contributed by atoms with Gasteiger partial charge < -0.3 is 33.8 Å². The van der Waals surface area contributed by atoms with E-state index in [1.807, 2.05) is 0 Å². The minimum Gasteiger partial charge on any atom is -0.462 e. The number of aliphatic hydroxyl groups excluding tert-OH is 1. The summed E-state index contributed by atoms with van der Waals surface area (Å²) in [5, 5.41) is 10.6. The molecule has 0 aromatic carbocycles. The Balaban J connectivity index is 5.27. The number of ether oxygens (including phenoxy) is 4. The molecule has 0 saturated carbocycles. The molecule has 0 rings (SSSR count). The molecule has 3 N–H and O–H groups in total. The smallest absolute Gasteiger partial charge is 0.462 e. The van der Waals surface area contributed by atoms with Crippen LogP contribution in [0, 0.1) is 17.8 Å². The van der Waals surface area contributed by atoms with E-state index in [0.29, 0.717) is 25.7 Å². The average molecular weight is 1410 g/mol. The number of phosphoric acid groups is 2. The lowest BCUT2D eigenvalue weighted by Gasteiger charge is -2.21. The zero-order chi connectivity index (χ0) is 70.9. The van der Waals surface area contributed by atoms with Crippen LogP contribution in [0.2, 0.25) is 0 Å². The van der Waals surface area contributed by atoms with E-state index in [0.717, 1.165) is 133 Å². The molecule has 17 nitrogen and oxygen atoms in total. The van der Waals surface area contributed by atoms with E-state index < -0.39 is 97.5 Å². The molecule has 0 aromatic heterocycles. The molecule has 0 amide bonds. The van der Waals surface area contributed by atoms with Crippen LogP contribution in [0.4, 0.5) is 0 Å². The third-order valence-electron chi connectivity index (χ3n) is 17.6. The molecule has 0 aliphatic heterocycles. The second kappa shape index (κ2) is 67.1. The molecule has 0 fully saturated rings. The molecule has 0 radical (unpaired) electrons. The van der Waals surface area contributed by atoms with Crippen molar-refractivity contribution in [2.45, 2.75) is 388 Å². The van der Waals surface area contributed by atoms with E-state index in [2.05, 4.69) is 72.8 Å². The van der Waals surface area contributed by atoms with Crippen LogP contribution in [-0.4, -0.2) is 96.7 Å². The largest absolute Gasteiger partial charge is 0.472 e. The van der Waals surface area contributed by atoms with Crippen molar-refractivity contribution in [1.82, 2.24) is 0 Å². The third kappa shape index (κ3) is 68.7. The SMILES string of the molecule is CCCCCC/C=C\C=C/CCCCCCCC(=O)OC[C@H](COP(=O)(O)OC[C@@H](O)COP(=O)(O)OC[C@@H](COC(=O)CCCCCCCCC(C)CC)OC(=O)CCCCCCCCCCCCCCCCCC(C)C)OC(=O)CCCCCCCCCCCCC(C)C. The van der Waals surface area contributed by atoms with E-state index in [4.69, 9.17) is 37.0 Å². The van der Waals surface area contributed by atoms with Crippen molar-refractivity contribution < 1.29 is 80.2 Å². The van der Waals surface area contributed by atoms with Crippen molar-refractivity contribution in [3.63, 3.8) is 0 Å². The van der Waals surface area contributed by atoms with E-state index in [-0.39, 0.29) is 25.7 Å². The molecule has 96 heavy (non-hydrogen) atoms. The number of unbranched alkanes of at least 4 members (excludes halogenated alkanes) is 37. The highest BCUT2D eigenvalue weighted by molar-refractivity contribution is 7.47. The molecule has 6 atom stereocenters. The molecule has 566 valence electrons. The number of carbonyl (C=O) groups excluding carboxylic acids is 4. The number of carbonyl (C=O) groups is 4. The summed E-state index contributed by atoms with van der Waals surface area (Å²) in [6.07, 6.45) is 56.3. The van der Waals surface area contributed by atoms with Crippen molar-refractivity contribution in [3.05, 3.63) is 24.3 Å². The number of phosphoric ester groups is 2. The van der Waals surface area contributed by atoms with Crippen LogP contribution in [0.15, 0.2) is 24.3 Å². The summed E-state index contributed by atoms with van der Waals surface area (Å²) in [6, 6.07) is 0. The van der Waals surface area contributed by atoms with E-state index in [9.17, 15) is 43.2 Å². The van der Waals surface area contributed by atoms with Crippen LogP contribution >= 0.6 is 15.6 Å². The Morgan fingerprint density at radius 1 is 0.344 bits per heavy atom. The number of allylic oxidation sites excluding steroid dienone is 4. The molecule has 0 aromatic rings. The Morgan fingerprint density at radius 2 is 0.615 bits per heavy atom. The first-order valence-electron chi connectivity index (χ1n) is 39.2. The maximum atomic E-state index is 13.1. The molecule has 0 aliphatic rings. The van der Waals surface area contributed by atoms with Gasteiger partial charge in [0.25, 0.3) is 0 Å². The molecule has 0 spiro atoms. The van der Waals surface area contributed by atoms with Crippen LogP contribution in [0.5, 0.6) is 0 Å². The first kappa shape index (κ1) is 93.5. The monoisotopic (exact) mass is 1410 g/mol. The standard InChI is InChI=1S/C77H146O17P2/c1-8-10-11-12-13-14-15-16-18-22-25-31-36-44-51-58-74(79)87-64-72(93-77(82)61-54-47-38-33-28-27-30-35-42-49-56-69(5)6)66-91-95(83,84)89-62-71(78)63-90-96(85,86)92-67-73(65-88-75(80)59-52-45-40-39-43-50-57-70(7)9-2)94-76(81)60-53-46-37-32-26-23-20-17-19-21-24-29-34-41-48-55-68(3)4/h14-16,18,68-73,78H,8-13,17,19-67H2,1-7H3,(H,83,84)(H,85,86)/b15-14-,18-16-/t70?,71-,72-,73-/m1/s1. The minimum atomic E-state index is -4.96. The van der Waals surface area contributed by atoms with Gasteiger partial charge in [0.15, 0.2) is 12.2 Å². The number of rotatable bonds is 73. The molecule has 0 aliphatic carbocycles. The van der Waals surface area contributed by atoms with Crippen LogP contribution in [0.3, 0.4) is 0 Å². The summed E-state index contributed by atoms with van der Waals surface area (Å²) in [5.41, 5.74) is 0. The first-order chi connectivity index (χ1) is 46.3. The van der Waals surface area contributed by atoms with Gasteiger partial charge >= 0.3 is 39.5 Å². The predicted octanol–water partition coefficient (Wildman–Crippen LogP) is 22.1. The lowest BCUT2D eigenvalue weighted by molar-refractivity contribution is -0.161. The zero-order valence-corrected chi connectivity index (χ0v) is 64.1. The highest BCUT2D eigenvalue weighted by atomic mass is 31.2. The maximum absolute atomic E-state index is 13.1. The fraction of sp³-hybridized carbons (Fsp3) is 0.896. The topological polar surface area (TPSA) is 237 Å². The van der Waals surface area contributed by atoms with Gasteiger partial charge in [-0.1, -0.05) is 317 Å². The summed E-state index contributed by atoms with van der Waals surface area (Å²) >= 11 is 0. The van der Waals surface area contributed by atoms with Gasteiger partial charge in [-0.3, -0.25) is 37.3 Å². The van der Waals surface area contributed by atoms with Crippen LogP contribution in [0.1, 0.15) is 370 Å². The van der Waals surface area contributed by atoms with Gasteiger partial charge in [0, 0.05) is 25.7 Å². The highest BCUT2D eigenvalue weighted by Gasteiger charge is 2.30. The molecular formula is C77H146O17P2. The summed E-state index contributed by atoms with van der Waals surface area (Å²) in [6.45, 7) is 11.8. The second-order valence-electron chi connectivity index (χ2n) is 28.3. The van der Waals surface area contributed by atoms with Crippen molar-refractivity contribution in [2.75, 3.05) is 39.6 Å². The fourth-order valence-electron chi connectivity index (χ4n) is 11.2. The van der Waals surface area contributed by atoms with E-state index in [1.54, 1.807) is 0 Å². The molecule has 3 unspecified atom stereocenters. The van der Waals surface area contributed by atoms with Gasteiger partial charge in [-0.05, 0) is 69.1 Å². The Labute approximate surface area is 586 Å². The Bertz CT molecular complexity index is 1970. The van der Waals surface area contributed by atoms with Crippen molar-refractivity contribution in [2.24, 2.45) is 17.8 Å². The first-order valence-corrected chi connectivity index (χ1v) is 42.2. The highest BCUT2D eigenvalue weighted by Crippen LogP contribution is 2.45. The van der Waals surface area contributed by atoms with Crippen LogP contribution in [0.25, 0.3) is 0 Å². The molecular weight excluding hydrogens is 1260 g/mol. The Hall–Kier alpha value is -2.46. The summed E-state index contributed by atoms with van der Waals surface area (Å²) in [5.74, 6) is 0.131. The van der Waals surface area contributed by atoms with Crippen molar-refractivity contribution in [3.8, 4) is 0 Å². The number of hydrogen-bond donors (Lipinski definition) is 3. The normalized spacial score (nSPS) is 14.5. The second-order valence-corrected chi connectivity index (χ2v) is 31.2. The zero-order valence-electron chi connectivity index (χ0n) is 62.3. The average Bonchev–Trinajstić information content (AvgIpc) is 1.99. The van der Waals surface area contributed by atoms with Crippen molar-refractivity contribution >= 4 is 39.5 Å². The van der Waals surface area contributed by atoms with Gasteiger partial charge in [0.2, 0.25) is 0 Å². The van der Waals surface area contributed by atoms with Gasteiger partial charge in [-0.25, -0.2) is 9.13 Å². The van der Waals surface area contributed by atoms with Crippen molar-refractivity contribution in [1.29, 1.82) is 0 Å². The maximum Gasteiger partial charge on any atom is 0.472 e. The number of esters is 4. The van der Waals surface area contributed by atoms with E-state index >= 15 is 0 Å². The summed E-state index contributed by atoms with van der Waals surface area (Å²) in [4.78, 5) is 72.8. The molecule has 0 heterocycles. The Morgan fingerprint density at radius 3 is 0.927 bits per heavy atom. The third-order valence-corrected chi connectivity index (χ3v) is 19.5. The lowest BCUT2D eigenvalue weighted by atomic mass is 10.00. The summed E-state index contributed by atoms with van der Waals surface area (Å²) in [7, 11) is -9.93. The fourth-order valence-corrected chi connectivity index (χ4v) is 12.8. The van der Waals surface area contributed by atoms with Gasteiger partial charge in [-0.15, -0.1) is 0 Å².